The van der Waals surface area contributed by atoms with Crippen molar-refractivity contribution in [1.82, 2.24) is 14.9 Å². The molecule has 1 aromatic heterocycles. The van der Waals surface area contributed by atoms with Gasteiger partial charge in [0.25, 0.3) is 0 Å². The van der Waals surface area contributed by atoms with Crippen LogP contribution < -0.4 is 4.72 Å². The summed E-state index contributed by atoms with van der Waals surface area (Å²) in [6.45, 7) is 0.251. The number of hydrogen-bond acceptors (Lipinski definition) is 6. The predicted octanol–water partition coefficient (Wildman–Crippen LogP) is -0.696. The first kappa shape index (κ1) is 13.1. The molecule has 8 heteroatoms. The van der Waals surface area contributed by atoms with Crippen molar-refractivity contribution in [2.45, 2.75) is 19.3 Å². The molecule has 0 saturated carbocycles. The van der Waals surface area contributed by atoms with Crippen LogP contribution in [0.5, 0.6) is 0 Å². The maximum absolute atomic E-state index is 11.4. The van der Waals surface area contributed by atoms with Crippen molar-refractivity contribution in [2.24, 2.45) is 0 Å². The van der Waals surface area contributed by atoms with Crippen molar-refractivity contribution in [2.75, 3.05) is 18.9 Å². The number of unbranched alkanes of at least 4 members (excludes halogenated alkanes) is 1. The van der Waals surface area contributed by atoms with Crippen LogP contribution in [0.3, 0.4) is 0 Å². The number of hydrogen-bond donors (Lipinski definition) is 2. The van der Waals surface area contributed by atoms with E-state index in [1.165, 1.54) is 6.33 Å². The molecule has 0 aliphatic carbocycles. The summed E-state index contributed by atoms with van der Waals surface area (Å²) in [6.07, 6.45) is 2.58. The summed E-state index contributed by atoms with van der Waals surface area (Å²) in [6, 6.07) is 0. The van der Waals surface area contributed by atoms with Crippen LogP contribution in [0.1, 0.15) is 18.7 Å². The first-order valence-electron chi connectivity index (χ1n) is 4.98. The third-order valence-corrected chi connectivity index (χ3v) is 3.36. The van der Waals surface area contributed by atoms with Gasteiger partial charge in [-0.15, -0.1) is 0 Å². The van der Waals surface area contributed by atoms with Gasteiger partial charge in [-0.05, 0) is 12.8 Å². The average molecular weight is 249 g/mol. The fraction of sp³-hybridized carbons (Fsp3) is 0.750. The molecule has 7 nitrogen and oxygen atoms in total. The van der Waals surface area contributed by atoms with E-state index in [1.54, 1.807) is 0 Å². The Kier molecular flexibility index (Phi) is 5.36. The van der Waals surface area contributed by atoms with Gasteiger partial charge in [-0.25, -0.2) is 13.1 Å². The van der Waals surface area contributed by atoms with E-state index in [1.807, 2.05) is 0 Å². The van der Waals surface area contributed by atoms with Crippen molar-refractivity contribution >= 4 is 10.0 Å². The molecule has 92 valence electrons. The van der Waals surface area contributed by atoms with Gasteiger partial charge in [0.05, 0.1) is 5.75 Å². The fourth-order valence-corrected chi connectivity index (χ4v) is 2.24. The summed E-state index contributed by atoms with van der Waals surface area (Å²) in [7, 11) is -3.26. The molecule has 0 unspecified atom stereocenters. The van der Waals surface area contributed by atoms with E-state index < -0.39 is 10.0 Å². The van der Waals surface area contributed by atoms with Gasteiger partial charge in [-0.3, -0.25) is 0 Å². The van der Waals surface area contributed by atoms with Gasteiger partial charge in [-0.2, -0.15) is 4.98 Å². The van der Waals surface area contributed by atoms with Gasteiger partial charge in [0, 0.05) is 19.6 Å². The van der Waals surface area contributed by atoms with E-state index in [0.29, 0.717) is 25.2 Å². The Bertz CT molecular complexity index is 376. The van der Waals surface area contributed by atoms with E-state index in [9.17, 15) is 8.42 Å². The van der Waals surface area contributed by atoms with E-state index in [-0.39, 0.29) is 18.9 Å². The van der Waals surface area contributed by atoms with Crippen LogP contribution in [0, 0.1) is 0 Å². The average Bonchev–Trinajstić information content (AvgIpc) is 2.70. The molecule has 0 bridgehead atoms. The molecule has 0 atom stereocenters. The van der Waals surface area contributed by atoms with E-state index in [2.05, 4.69) is 14.9 Å². The number of nitrogens with one attached hydrogen (secondary N) is 1. The first-order chi connectivity index (χ1) is 7.64. The zero-order valence-electron chi connectivity index (χ0n) is 8.79. The Hall–Kier alpha value is -0.990. The fourth-order valence-electron chi connectivity index (χ4n) is 1.10. The molecule has 0 fully saturated rings. The standard InChI is InChI=1S/C8H15N3O4S/c12-5-1-2-6-16(13,14)11-4-3-8-9-7-10-15-8/h7,11-12H,1-6H2. The van der Waals surface area contributed by atoms with Crippen molar-refractivity contribution in [3.63, 3.8) is 0 Å². The molecule has 0 aliphatic rings. The SMILES string of the molecule is O=S(=O)(CCCCO)NCCc1ncno1. The largest absolute Gasteiger partial charge is 0.396 e. The van der Waals surface area contributed by atoms with Crippen molar-refractivity contribution < 1.29 is 18.0 Å². The minimum atomic E-state index is -3.26. The number of nitrogens with zero attached hydrogens (tertiary/aromatic N) is 2. The maximum Gasteiger partial charge on any atom is 0.227 e. The summed E-state index contributed by atoms with van der Waals surface area (Å²) in [4.78, 5) is 3.77. The Labute approximate surface area is 93.9 Å². The van der Waals surface area contributed by atoms with E-state index >= 15 is 0 Å². The van der Waals surface area contributed by atoms with Crippen LogP contribution in [-0.2, 0) is 16.4 Å². The van der Waals surface area contributed by atoms with Crippen molar-refractivity contribution in [3.8, 4) is 0 Å². The Morgan fingerprint density at radius 3 is 2.88 bits per heavy atom. The van der Waals surface area contributed by atoms with E-state index in [4.69, 9.17) is 9.63 Å². The zero-order valence-corrected chi connectivity index (χ0v) is 9.61. The number of rotatable bonds is 8. The van der Waals surface area contributed by atoms with Crippen LogP contribution in [0.15, 0.2) is 10.9 Å². The first-order valence-corrected chi connectivity index (χ1v) is 6.63. The summed E-state index contributed by atoms with van der Waals surface area (Å²) >= 11 is 0. The summed E-state index contributed by atoms with van der Waals surface area (Å²) in [5.41, 5.74) is 0. The number of aliphatic hydroxyl groups excluding tert-OH is 1. The highest BCUT2D eigenvalue weighted by atomic mass is 32.2. The molecule has 0 aromatic carbocycles. The molecule has 1 aromatic rings. The predicted molar refractivity (Wildman–Crippen MR) is 56.1 cm³/mol. The topological polar surface area (TPSA) is 105 Å². The highest BCUT2D eigenvalue weighted by molar-refractivity contribution is 7.89. The molecule has 2 N–H and O–H groups in total. The lowest BCUT2D eigenvalue weighted by molar-refractivity contribution is 0.287. The van der Waals surface area contributed by atoms with Crippen molar-refractivity contribution in [3.05, 3.63) is 12.2 Å². The molecule has 0 saturated heterocycles. The van der Waals surface area contributed by atoms with Crippen LogP contribution in [0.4, 0.5) is 0 Å². The Morgan fingerprint density at radius 2 is 2.25 bits per heavy atom. The summed E-state index contributed by atoms with van der Waals surface area (Å²) in [5.74, 6) is 0.426. The molecule has 1 rings (SSSR count). The smallest absolute Gasteiger partial charge is 0.227 e. The molecular weight excluding hydrogens is 234 g/mol. The molecule has 0 aliphatic heterocycles. The van der Waals surface area contributed by atoms with Gasteiger partial charge in [0.1, 0.15) is 0 Å². The van der Waals surface area contributed by atoms with Gasteiger partial charge < -0.3 is 9.63 Å². The van der Waals surface area contributed by atoms with Crippen LogP contribution in [0.25, 0.3) is 0 Å². The molecule has 1 heterocycles. The lowest BCUT2D eigenvalue weighted by atomic mass is 10.4. The Balaban J connectivity index is 2.20. The number of aliphatic hydroxyl groups is 1. The third-order valence-electron chi connectivity index (χ3n) is 1.89. The van der Waals surface area contributed by atoms with Gasteiger partial charge in [0.15, 0.2) is 6.33 Å². The number of aromatic nitrogens is 2. The maximum atomic E-state index is 11.4. The van der Waals surface area contributed by atoms with Gasteiger partial charge in [-0.1, -0.05) is 5.16 Å². The zero-order chi connectivity index (χ0) is 11.9. The Morgan fingerprint density at radius 1 is 1.44 bits per heavy atom. The van der Waals surface area contributed by atoms with Gasteiger partial charge >= 0.3 is 0 Å². The van der Waals surface area contributed by atoms with Crippen LogP contribution >= 0.6 is 0 Å². The molecule has 0 amide bonds. The second-order valence-electron chi connectivity index (χ2n) is 3.23. The second-order valence-corrected chi connectivity index (χ2v) is 5.16. The molecule has 0 radical (unpaired) electrons. The highest BCUT2D eigenvalue weighted by Gasteiger charge is 2.09. The quantitative estimate of drug-likeness (QED) is 0.590. The highest BCUT2D eigenvalue weighted by Crippen LogP contribution is 1.95. The minimum Gasteiger partial charge on any atom is -0.396 e. The number of sulfonamides is 1. The lowest BCUT2D eigenvalue weighted by Gasteiger charge is -2.04. The normalized spacial score (nSPS) is 11.8. The summed E-state index contributed by atoms with van der Waals surface area (Å²) in [5, 5.41) is 11.9. The van der Waals surface area contributed by atoms with E-state index in [0.717, 1.165) is 0 Å². The third kappa shape index (κ3) is 5.19. The minimum absolute atomic E-state index is 0.0114. The summed E-state index contributed by atoms with van der Waals surface area (Å²) < 4.78 is 29.9. The molecule has 0 spiro atoms. The monoisotopic (exact) mass is 249 g/mol. The van der Waals surface area contributed by atoms with Gasteiger partial charge in [0.2, 0.25) is 15.9 Å². The van der Waals surface area contributed by atoms with Crippen LogP contribution in [-0.4, -0.2) is 42.6 Å². The van der Waals surface area contributed by atoms with Crippen LogP contribution in [0.2, 0.25) is 0 Å². The molecule has 16 heavy (non-hydrogen) atoms. The molecular formula is C8H15N3O4S. The lowest BCUT2D eigenvalue weighted by Crippen LogP contribution is -2.28. The second kappa shape index (κ2) is 6.56. The van der Waals surface area contributed by atoms with Crippen molar-refractivity contribution in [1.29, 1.82) is 0 Å².